The third-order valence-corrected chi connectivity index (χ3v) is 2.96. The van der Waals surface area contributed by atoms with E-state index in [0.717, 1.165) is 0 Å². The van der Waals surface area contributed by atoms with E-state index in [9.17, 15) is 4.39 Å². The Kier molecular flexibility index (Phi) is 4.02. The topological polar surface area (TPSA) is 59.1 Å². The number of hydrogen-bond acceptors (Lipinski definition) is 2. The van der Waals surface area contributed by atoms with Gasteiger partial charge in [-0.05, 0) is 36.4 Å². The summed E-state index contributed by atoms with van der Waals surface area (Å²) in [7, 11) is 0. The molecule has 2 aromatic carbocycles. The predicted octanol–water partition coefficient (Wildman–Crippen LogP) is 3.34. The van der Waals surface area contributed by atoms with Gasteiger partial charge in [0, 0.05) is 11.1 Å². The Bertz CT molecular complexity index is 579. The molecule has 0 atom stereocenters. The van der Waals surface area contributed by atoms with Gasteiger partial charge in [-0.15, -0.1) is 0 Å². The second-order valence-corrected chi connectivity index (χ2v) is 4.33. The molecule has 0 radical (unpaired) electrons. The maximum absolute atomic E-state index is 13.5. The highest BCUT2D eigenvalue weighted by molar-refractivity contribution is 6.31. The van der Waals surface area contributed by atoms with Crippen LogP contribution in [0.3, 0.4) is 0 Å². The summed E-state index contributed by atoms with van der Waals surface area (Å²) in [6.45, 7) is 0.0466. The third kappa shape index (κ3) is 3.23. The Morgan fingerprint density at radius 1 is 1.21 bits per heavy atom. The average Bonchev–Trinajstić information content (AvgIpc) is 2.38. The number of amidine groups is 1. The minimum atomic E-state index is -0.396. The fraction of sp³-hybridized carbons (Fsp3) is 0.0714. The lowest BCUT2D eigenvalue weighted by Crippen LogP contribution is -2.10. The van der Waals surface area contributed by atoms with Crippen molar-refractivity contribution in [2.75, 3.05) is 0 Å². The van der Waals surface area contributed by atoms with Crippen LogP contribution in [-0.4, -0.2) is 5.84 Å². The molecule has 0 amide bonds. The molecule has 0 aromatic heterocycles. The molecule has 0 spiro atoms. The van der Waals surface area contributed by atoms with E-state index in [-0.39, 0.29) is 12.4 Å². The van der Waals surface area contributed by atoms with Crippen molar-refractivity contribution in [3.63, 3.8) is 0 Å². The molecule has 19 heavy (non-hydrogen) atoms. The summed E-state index contributed by atoms with van der Waals surface area (Å²) >= 11 is 5.90. The maximum Gasteiger partial charge on any atom is 0.131 e. The molecule has 3 N–H and O–H groups in total. The minimum absolute atomic E-state index is 0.0105. The molecule has 0 heterocycles. The lowest BCUT2D eigenvalue weighted by molar-refractivity contribution is 0.300. The van der Waals surface area contributed by atoms with E-state index < -0.39 is 5.82 Å². The van der Waals surface area contributed by atoms with Gasteiger partial charge >= 0.3 is 0 Å². The summed E-state index contributed by atoms with van der Waals surface area (Å²) in [4.78, 5) is 0. The maximum atomic E-state index is 13.5. The fourth-order valence-corrected chi connectivity index (χ4v) is 1.77. The molecule has 0 aliphatic rings. The zero-order valence-electron chi connectivity index (χ0n) is 9.99. The summed E-state index contributed by atoms with van der Waals surface area (Å²) in [5, 5.41) is 7.60. The Labute approximate surface area is 115 Å². The molecule has 5 heteroatoms. The van der Waals surface area contributed by atoms with Gasteiger partial charge in [-0.2, -0.15) is 0 Å². The fourth-order valence-electron chi connectivity index (χ4n) is 1.56. The van der Waals surface area contributed by atoms with E-state index in [1.165, 1.54) is 6.07 Å². The van der Waals surface area contributed by atoms with E-state index >= 15 is 0 Å². The Hall–Kier alpha value is -2.07. The first-order valence-corrected chi connectivity index (χ1v) is 5.96. The number of nitrogens with one attached hydrogen (secondary N) is 1. The molecule has 0 bridgehead atoms. The normalized spacial score (nSPS) is 10.2. The van der Waals surface area contributed by atoms with Crippen molar-refractivity contribution >= 4 is 17.4 Å². The van der Waals surface area contributed by atoms with Gasteiger partial charge in [0.05, 0.1) is 5.02 Å². The molecule has 2 rings (SSSR count). The zero-order chi connectivity index (χ0) is 13.8. The van der Waals surface area contributed by atoms with E-state index in [2.05, 4.69) is 0 Å². The van der Waals surface area contributed by atoms with Crippen LogP contribution in [0.5, 0.6) is 5.75 Å². The molecule has 0 aliphatic heterocycles. The van der Waals surface area contributed by atoms with Crippen molar-refractivity contribution in [1.29, 1.82) is 5.41 Å². The van der Waals surface area contributed by atoms with E-state index in [4.69, 9.17) is 27.5 Å². The smallest absolute Gasteiger partial charge is 0.131 e. The summed E-state index contributed by atoms with van der Waals surface area (Å²) in [6, 6.07) is 11.2. The van der Waals surface area contributed by atoms with Crippen molar-refractivity contribution in [1.82, 2.24) is 0 Å². The number of ether oxygens (including phenoxy) is 1. The van der Waals surface area contributed by atoms with Crippen LogP contribution < -0.4 is 10.5 Å². The van der Waals surface area contributed by atoms with E-state index in [1.54, 1.807) is 36.4 Å². The first-order valence-electron chi connectivity index (χ1n) is 5.58. The molecule has 0 aliphatic carbocycles. The predicted molar refractivity (Wildman–Crippen MR) is 73.2 cm³/mol. The molecule has 2 aromatic rings. The lowest BCUT2D eigenvalue weighted by Gasteiger charge is -2.09. The highest BCUT2D eigenvalue weighted by Crippen LogP contribution is 2.21. The third-order valence-electron chi connectivity index (χ3n) is 2.61. The zero-order valence-corrected chi connectivity index (χ0v) is 10.7. The van der Waals surface area contributed by atoms with E-state index in [0.29, 0.717) is 21.9 Å². The summed E-state index contributed by atoms with van der Waals surface area (Å²) in [5.74, 6) is 0.154. The number of rotatable bonds is 4. The van der Waals surface area contributed by atoms with Crippen LogP contribution in [0.15, 0.2) is 42.5 Å². The van der Waals surface area contributed by atoms with Gasteiger partial charge in [-0.3, -0.25) is 5.41 Å². The number of benzene rings is 2. The molecular formula is C14H12ClFN2O. The summed E-state index contributed by atoms with van der Waals surface area (Å²) in [6.07, 6.45) is 0. The molecular weight excluding hydrogens is 267 g/mol. The highest BCUT2D eigenvalue weighted by atomic mass is 35.5. The monoisotopic (exact) mass is 278 g/mol. The SMILES string of the molecule is N=C(N)c1ccc(OCc2c(F)cccc2Cl)cc1. The van der Waals surface area contributed by atoms with Crippen LogP contribution >= 0.6 is 11.6 Å². The van der Waals surface area contributed by atoms with E-state index in [1.807, 2.05) is 0 Å². The Morgan fingerprint density at radius 3 is 2.47 bits per heavy atom. The van der Waals surface area contributed by atoms with Gasteiger partial charge in [0.2, 0.25) is 0 Å². The largest absolute Gasteiger partial charge is 0.489 e. The van der Waals surface area contributed by atoms with Gasteiger partial charge in [0.1, 0.15) is 24.0 Å². The molecule has 98 valence electrons. The van der Waals surface area contributed by atoms with Gasteiger partial charge in [-0.1, -0.05) is 17.7 Å². The lowest BCUT2D eigenvalue weighted by atomic mass is 10.2. The van der Waals surface area contributed by atoms with Crippen LogP contribution in [0.4, 0.5) is 4.39 Å². The average molecular weight is 279 g/mol. The molecule has 0 unspecified atom stereocenters. The molecule has 0 saturated carbocycles. The number of halogens is 2. The van der Waals surface area contributed by atoms with Crippen LogP contribution in [0, 0.1) is 11.2 Å². The number of nitrogen functional groups attached to an aromatic ring is 1. The van der Waals surface area contributed by atoms with Gasteiger partial charge in [-0.25, -0.2) is 4.39 Å². The minimum Gasteiger partial charge on any atom is -0.489 e. The second kappa shape index (κ2) is 5.71. The van der Waals surface area contributed by atoms with Crippen LogP contribution in [-0.2, 0) is 6.61 Å². The summed E-state index contributed by atoms with van der Waals surface area (Å²) < 4.78 is 19.0. The van der Waals surface area contributed by atoms with Crippen molar-refractivity contribution in [2.24, 2.45) is 5.73 Å². The van der Waals surface area contributed by atoms with Crippen molar-refractivity contribution < 1.29 is 9.13 Å². The first kappa shape index (κ1) is 13.4. The quantitative estimate of drug-likeness (QED) is 0.666. The molecule has 0 fully saturated rings. The first-order chi connectivity index (χ1) is 9.08. The van der Waals surface area contributed by atoms with Crippen LogP contribution in [0.2, 0.25) is 5.02 Å². The standard InChI is InChI=1S/C14H12ClFN2O/c15-12-2-1-3-13(16)11(12)8-19-10-6-4-9(5-7-10)14(17)18/h1-7H,8H2,(H3,17,18). The number of nitrogens with two attached hydrogens (primary N) is 1. The van der Waals surface area contributed by atoms with Gasteiger partial charge < -0.3 is 10.5 Å². The second-order valence-electron chi connectivity index (χ2n) is 3.93. The number of hydrogen-bond donors (Lipinski definition) is 2. The van der Waals surface area contributed by atoms with Gasteiger partial charge in [0.25, 0.3) is 0 Å². The summed E-state index contributed by atoms with van der Waals surface area (Å²) in [5.41, 5.74) is 6.27. The van der Waals surface area contributed by atoms with Crippen molar-refractivity contribution in [3.05, 3.63) is 64.4 Å². The van der Waals surface area contributed by atoms with Gasteiger partial charge in [0.15, 0.2) is 0 Å². The van der Waals surface area contributed by atoms with Crippen molar-refractivity contribution in [3.8, 4) is 5.75 Å². The Morgan fingerprint density at radius 2 is 1.89 bits per heavy atom. The highest BCUT2D eigenvalue weighted by Gasteiger charge is 2.07. The van der Waals surface area contributed by atoms with Crippen LogP contribution in [0.25, 0.3) is 0 Å². The molecule has 0 saturated heterocycles. The van der Waals surface area contributed by atoms with Crippen molar-refractivity contribution in [2.45, 2.75) is 6.61 Å². The van der Waals surface area contributed by atoms with Crippen LogP contribution in [0.1, 0.15) is 11.1 Å². The molecule has 3 nitrogen and oxygen atoms in total. The Balaban J connectivity index is 2.08.